The Kier molecular flexibility index (Phi) is 8.37. The quantitative estimate of drug-likeness (QED) is 0.171. The topological polar surface area (TPSA) is 67.4 Å². The van der Waals surface area contributed by atoms with Gasteiger partial charge in [-0.3, -0.25) is 0 Å². The van der Waals surface area contributed by atoms with Gasteiger partial charge < -0.3 is 4.57 Å². The van der Waals surface area contributed by atoms with E-state index in [-0.39, 0.29) is 5.41 Å². The molecule has 272 valence electrons. The second-order valence-electron chi connectivity index (χ2n) is 16.5. The molecule has 5 nitrogen and oxygen atoms in total. The Balaban J connectivity index is 1.11. The van der Waals surface area contributed by atoms with Gasteiger partial charge in [-0.2, -0.15) is 5.26 Å². The summed E-state index contributed by atoms with van der Waals surface area (Å²) >= 11 is 0. The molecule has 8 aromatic rings. The van der Waals surface area contributed by atoms with Crippen LogP contribution in [0, 0.1) is 29.1 Å². The molecule has 2 bridgehead atoms. The predicted molar refractivity (Wildman–Crippen MR) is 227 cm³/mol. The lowest BCUT2D eigenvalue weighted by atomic mass is 9.54. The Bertz CT molecular complexity index is 2760. The lowest BCUT2D eigenvalue weighted by Gasteiger charge is -2.50. The van der Waals surface area contributed by atoms with E-state index in [0.29, 0.717) is 23.0 Å². The summed E-state index contributed by atoms with van der Waals surface area (Å²) in [5, 5.41) is 12.0. The predicted octanol–water partition coefficient (Wildman–Crippen LogP) is 12.6. The monoisotopic (exact) mass is 725 g/mol. The highest BCUT2D eigenvalue weighted by Crippen LogP contribution is 2.54. The Morgan fingerprint density at radius 2 is 1.12 bits per heavy atom. The van der Waals surface area contributed by atoms with E-state index in [1.165, 1.54) is 43.2 Å². The average Bonchev–Trinajstić information content (AvgIpc) is 3.56. The van der Waals surface area contributed by atoms with Crippen LogP contribution in [0.25, 0.3) is 72.8 Å². The van der Waals surface area contributed by atoms with Gasteiger partial charge in [-0.05, 0) is 102 Å². The molecule has 0 saturated heterocycles. The number of rotatable bonds is 6. The number of aromatic nitrogens is 4. The first-order valence-electron chi connectivity index (χ1n) is 20.0. The van der Waals surface area contributed by atoms with Crippen molar-refractivity contribution in [2.75, 3.05) is 0 Å². The summed E-state index contributed by atoms with van der Waals surface area (Å²) in [6, 6.07) is 53.1. The van der Waals surface area contributed by atoms with Crippen molar-refractivity contribution in [3.8, 4) is 57.0 Å². The summed E-state index contributed by atoms with van der Waals surface area (Å²) in [5.74, 6) is 4.27. The fourth-order valence-corrected chi connectivity index (χ4v) is 10.4. The molecule has 5 heteroatoms. The molecule has 2 fully saturated rings. The molecular formula is C51H43N5. The third-order valence-corrected chi connectivity index (χ3v) is 12.4. The summed E-state index contributed by atoms with van der Waals surface area (Å²) in [4.78, 5) is 15.5. The van der Waals surface area contributed by atoms with Gasteiger partial charge in [0.1, 0.15) is 0 Å². The maximum Gasteiger partial charge on any atom is 0.164 e. The number of hydrogen-bond acceptors (Lipinski definition) is 4. The zero-order valence-corrected chi connectivity index (χ0v) is 31.9. The smallest absolute Gasteiger partial charge is 0.164 e. The van der Waals surface area contributed by atoms with Crippen LogP contribution in [0.3, 0.4) is 0 Å². The van der Waals surface area contributed by atoms with Crippen LogP contribution in [0.15, 0.2) is 146 Å². The first-order valence-corrected chi connectivity index (χ1v) is 20.0. The summed E-state index contributed by atoms with van der Waals surface area (Å²) in [5.41, 5.74) is 10.5. The van der Waals surface area contributed by atoms with Crippen LogP contribution in [-0.2, 0) is 5.41 Å². The maximum absolute atomic E-state index is 9.79. The molecule has 6 aromatic carbocycles. The summed E-state index contributed by atoms with van der Waals surface area (Å²) in [6.45, 7) is 4.92. The highest BCUT2D eigenvalue weighted by molar-refractivity contribution is 6.10. The van der Waals surface area contributed by atoms with E-state index in [2.05, 4.69) is 122 Å². The van der Waals surface area contributed by atoms with Gasteiger partial charge in [0.2, 0.25) is 0 Å². The van der Waals surface area contributed by atoms with E-state index in [4.69, 9.17) is 15.0 Å². The number of benzene rings is 6. The summed E-state index contributed by atoms with van der Waals surface area (Å²) in [6.07, 6.45) is 6.66. The lowest BCUT2D eigenvalue weighted by molar-refractivity contribution is 0.0780. The molecule has 10 rings (SSSR count). The zero-order valence-electron chi connectivity index (χ0n) is 31.9. The lowest BCUT2D eigenvalue weighted by Crippen LogP contribution is -2.42. The second kappa shape index (κ2) is 13.7. The van der Waals surface area contributed by atoms with Gasteiger partial charge >= 0.3 is 0 Å². The Morgan fingerprint density at radius 3 is 1.82 bits per heavy atom. The van der Waals surface area contributed by atoms with Crippen molar-refractivity contribution in [3.63, 3.8) is 0 Å². The van der Waals surface area contributed by atoms with E-state index >= 15 is 0 Å². The van der Waals surface area contributed by atoms with Crippen LogP contribution >= 0.6 is 0 Å². The second-order valence-corrected chi connectivity index (χ2v) is 16.5. The Labute approximate surface area is 328 Å². The Hall–Kier alpha value is -6.38. The number of fused-ring (bicyclic) bond motifs is 5. The van der Waals surface area contributed by atoms with Crippen molar-refractivity contribution in [3.05, 3.63) is 157 Å². The van der Waals surface area contributed by atoms with E-state index in [1.54, 1.807) is 0 Å². The summed E-state index contributed by atoms with van der Waals surface area (Å²) < 4.78 is 2.23. The Morgan fingerprint density at radius 1 is 0.554 bits per heavy atom. The molecule has 0 amide bonds. The van der Waals surface area contributed by atoms with Crippen LogP contribution in [-0.4, -0.2) is 19.5 Å². The maximum atomic E-state index is 9.79. The van der Waals surface area contributed by atoms with Crippen LogP contribution in [0.4, 0.5) is 0 Å². The van der Waals surface area contributed by atoms with E-state index in [9.17, 15) is 5.26 Å². The first-order chi connectivity index (χ1) is 27.4. The molecule has 2 heterocycles. The van der Waals surface area contributed by atoms with Crippen LogP contribution < -0.4 is 0 Å². The highest BCUT2D eigenvalue weighted by atomic mass is 15.0. The van der Waals surface area contributed by atoms with Crippen molar-refractivity contribution < 1.29 is 0 Å². The van der Waals surface area contributed by atoms with E-state index < -0.39 is 0 Å². The fraction of sp³-hybridized carbons (Fsp3) is 0.216. The third-order valence-electron chi connectivity index (χ3n) is 12.4. The van der Waals surface area contributed by atoms with Gasteiger partial charge in [-0.15, -0.1) is 0 Å². The standard InChI is InChI=1S/C51H43N5/c1-33-25-36-26-34(2)30-51(29-33,31-36)40-21-18-37(19-22-40)42-15-9-10-16-45(42)50-54-48(38-11-5-3-6-12-38)53-49(55-50)39-20-24-44-43-23-17-35(32-52)27-46(43)56(47(44)28-39)41-13-7-4-8-14-41/h3-24,27-28,33-34,36H,25-26,29-31H2,1-2H3/t33-,34?,36?,51?/m0/s1. The number of nitrogens with zero attached hydrogens (tertiary/aromatic N) is 5. The van der Waals surface area contributed by atoms with E-state index in [1.807, 2.05) is 48.5 Å². The van der Waals surface area contributed by atoms with Crippen molar-refractivity contribution in [2.24, 2.45) is 17.8 Å². The van der Waals surface area contributed by atoms with Gasteiger partial charge in [0.05, 0.1) is 22.7 Å². The molecule has 0 N–H and O–H groups in total. The molecule has 56 heavy (non-hydrogen) atoms. The molecule has 2 saturated carbocycles. The van der Waals surface area contributed by atoms with Crippen molar-refractivity contribution in [1.29, 1.82) is 5.26 Å². The van der Waals surface area contributed by atoms with Crippen molar-refractivity contribution in [2.45, 2.75) is 51.4 Å². The van der Waals surface area contributed by atoms with E-state index in [0.717, 1.165) is 67.5 Å². The molecule has 3 unspecified atom stereocenters. The molecule has 4 atom stereocenters. The minimum Gasteiger partial charge on any atom is -0.309 e. The van der Waals surface area contributed by atoms with Crippen molar-refractivity contribution in [1.82, 2.24) is 19.5 Å². The minimum absolute atomic E-state index is 0.289. The molecule has 2 aliphatic rings. The molecule has 2 aliphatic carbocycles. The van der Waals surface area contributed by atoms with Crippen molar-refractivity contribution >= 4 is 21.8 Å². The fourth-order valence-electron chi connectivity index (χ4n) is 10.4. The summed E-state index contributed by atoms with van der Waals surface area (Å²) in [7, 11) is 0. The molecular weight excluding hydrogens is 683 g/mol. The largest absolute Gasteiger partial charge is 0.309 e. The van der Waals surface area contributed by atoms with Gasteiger partial charge in [-0.25, -0.2) is 15.0 Å². The third kappa shape index (κ3) is 5.97. The molecule has 0 spiro atoms. The van der Waals surface area contributed by atoms with Crippen LogP contribution in [0.2, 0.25) is 0 Å². The normalized spacial score (nSPS) is 20.6. The molecule has 2 aromatic heterocycles. The molecule has 0 radical (unpaired) electrons. The highest BCUT2D eigenvalue weighted by Gasteiger charge is 2.45. The van der Waals surface area contributed by atoms with Gasteiger partial charge in [0, 0.05) is 33.2 Å². The van der Waals surface area contributed by atoms with Gasteiger partial charge in [0.15, 0.2) is 17.5 Å². The number of hydrogen-bond donors (Lipinski definition) is 0. The minimum atomic E-state index is 0.289. The first kappa shape index (κ1) is 34.1. The van der Waals surface area contributed by atoms with Crippen LogP contribution in [0.5, 0.6) is 0 Å². The zero-order chi connectivity index (χ0) is 37.8. The molecule has 0 aliphatic heterocycles. The SMILES string of the molecule is CC1CC2C[C@H](C)CC(c3ccc(-c4ccccc4-c4nc(-c5ccccc5)nc(-c5ccc6c7ccc(C#N)cc7n(-c7ccccc7)c6c5)n4)cc3)(C1)C2. The average molecular weight is 726 g/mol. The number of para-hydroxylation sites is 1. The number of nitriles is 1. The van der Waals surface area contributed by atoms with Crippen LogP contribution in [0.1, 0.15) is 57.1 Å². The van der Waals surface area contributed by atoms with Gasteiger partial charge in [-0.1, -0.05) is 129 Å². The van der Waals surface area contributed by atoms with Gasteiger partial charge in [0.25, 0.3) is 0 Å².